The van der Waals surface area contributed by atoms with Crippen LogP contribution in [0.3, 0.4) is 0 Å². The molecule has 0 amide bonds. The van der Waals surface area contributed by atoms with Crippen LogP contribution in [0.15, 0.2) is 30.6 Å². The van der Waals surface area contributed by atoms with Crippen molar-refractivity contribution in [1.29, 1.82) is 0 Å². The highest BCUT2D eigenvalue weighted by Gasteiger charge is 2.40. The highest BCUT2D eigenvalue weighted by Crippen LogP contribution is 2.29. The predicted molar refractivity (Wildman–Crippen MR) is 82.1 cm³/mol. The van der Waals surface area contributed by atoms with Crippen molar-refractivity contribution in [2.75, 3.05) is 25.0 Å². The van der Waals surface area contributed by atoms with Crippen molar-refractivity contribution in [3.05, 3.63) is 30.6 Å². The third kappa shape index (κ3) is 3.10. The van der Waals surface area contributed by atoms with Crippen LogP contribution in [0.4, 0.5) is 18.9 Å². The van der Waals surface area contributed by atoms with Crippen LogP contribution in [0, 0.1) is 5.92 Å². The molecule has 0 aliphatic carbocycles. The van der Waals surface area contributed by atoms with Crippen molar-refractivity contribution < 1.29 is 17.7 Å². The molecule has 3 rings (SSSR count). The Hall–Kier alpha value is -1.89. The minimum absolute atomic E-state index is 0.0586. The van der Waals surface area contributed by atoms with E-state index in [0.29, 0.717) is 17.3 Å². The van der Waals surface area contributed by atoms with Crippen LogP contribution in [-0.4, -0.2) is 31.2 Å². The summed E-state index contributed by atoms with van der Waals surface area (Å²) in [4.78, 5) is 6.11. The van der Waals surface area contributed by atoms with Gasteiger partial charge in [0.2, 0.25) is 0 Å². The Morgan fingerprint density at radius 2 is 2.09 bits per heavy atom. The summed E-state index contributed by atoms with van der Waals surface area (Å²) < 4.78 is 39.8. The zero-order valence-electron chi connectivity index (χ0n) is 13.1. The molecule has 7 heteroatoms. The van der Waals surface area contributed by atoms with Crippen molar-refractivity contribution in [2.24, 2.45) is 5.92 Å². The average molecular weight is 325 g/mol. The van der Waals surface area contributed by atoms with Gasteiger partial charge in [-0.1, -0.05) is 6.92 Å². The number of nitrogens with one attached hydrogen (secondary N) is 1. The van der Waals surface area contributed by atoms with Gasteiger partial charge in [-0.15, -0.1) is 17.7 Å². The van der Waals surface area contributed by atoms with Crippen LogP contribution in [-0.2, 0) is 6.30 Å². The van der Waals surface area contributed by atoms with Crippen LogP contribution in [0.2, 0.25) is 0 Å². The molecular weight excluding hydrogens is 305 g/mol. The predicted octanol–water partition coefficient (Wildman–Crippen LogP) is 2.43. The molecule has 0 spiro atoms. The van der Waals surface area contributed by atoms with E-state index in [-0.39, 0.29) is 10.2 Å². The van der Waals surface area contributed by atoms with Crippen molar-refractivity contribution in [2.45, 2.75) is 25.7 Å². The van der Waals surface area contributed by atoms with Gasteiger partial charge in [0.25, 0.3) is 0 Å². The first kappa shape index (κ1) is 16.0. The third-order valence-corrected chi connectivity index (χ3v) is 4.35. The van der Waals surface area contributed by atoms with Gasteiger partial charge in [0, 0.05) is 25.2 Å². The molecule has 0 radical (unpaired) electrons. The number of hydrogen-bond donors (Lipinski definition) is 1. The fourth-order valence-corrected chi connectivity index (χ4v) is 3.33. The summed E-state index contributed by atoms with van der Waals surface area (Å²) in [6.07, 6.45) is -0.950. The van der Waals surface area contributed by atoms with Crippen LogP contribution in [0.5, 0.6) is 0 Å². The average Bonchev–Trinajstić information content (AvgIpc) is 2.52. The summed E-state index contributed by atoms with van der Waals surface area (Å²) in [5.74, 6) is 0.475. The number of pyridine rings is 2. The van der Waals surface area contributed by atoms with Gasteiger partial charge in [-0.25, -0.2) is 0 Å². The van der Waals surface area contributed by atoms with Crippen molar-refractivity contribution >= 4 is 16.7 Å². The van der Waals surface area contributed by atoms with Crippen LogP contribution in [0.1, 0.15) is 13.3 Å². The molecule has 2 aromatic heterocycles. The summed E-state index contributed by atoms with van der Waals surface area (Å²) in [6.45, 7) is 3.77. The SMILES string of the molecule is CN[C@@H]1C[C@H](C)CN(c2cc[n+](C(F)(F)F)c3ncccc23)C1. The quantitative estimate of drug-likeness (QED) is 0.861. The summed E-state index contributed by atoms with van der Waals surface area (Å²) in [5, 5.41) is 3.80. The number of halogens is 3. The molecule has 2 aromatic rings. The number of nitrogens with zero attached hydrogens (tertiary/aromatic N) is 3. The largest absolute Gasteiger partial charge is 0.567 e. The lowest BCUT2D eigenvalue weighted by molar-refractivity contribution is -0.837. The maximum atomic E-state index is 13.2. The highest BCUT2D eigenvalue weighted by molar-refractivity contribution is 5.87. The maximum absolute atomic E-state index is 13.2. The van der Waals surface area contributed by atoms with E-state index in [1.54, 1.807) is 18.2 Å². The van der Waals surface area contributed by atoms with E-state index in [0.717, 1.165) is 31.4 Å². The van der Waals surface area contributed by atoms with Crippen LogP contribution < -0.4 is 14.8 Å². The molecule has 23 heavy (non-hydrogen) atoms. The van der Waals surface area contributed by atoms with E-state index in [4.69, 9.17) is 0 Å². The Kier molecular flexibility index (Phi) is 4.14. The van der Waals surface area contributed by atoms with Crippen molar-refractivity contribution in [3.63, 3.8) is 0 Å². The molecular formula is C16H20F3N4+. The monoisotopic (exact) mass is 325 g/mol. The van der Waals surface area contributed by atoms with Gasteiger partial charge in [-0.05, 0) is 36.5 Å². The van der Waals surface area contributed by atoms with Gasteiger partial charge in [0.05, 0.1) is 11.1 Å². The van der Waals surface area contributed by atoms with Crippen LogP contribution >= 0.6 is 0 Å². The smallest absolute Gasteiger partial charge is 0.369 e. The van der Waals surface area contributed by atoms with Crippen molar-refractivity contribution in [1.82, 2.24) is 10.3 Å². The molecule has 1 aliphatic rings. The number of fused-ring (bicyclic) bond motifs is 1. The van der Waals surface area contributed by atoms with Gasteiger partial charge < -0.3 is 10.2 Å². The fraction of sp³-hybridized carbons (Fsp3) is 0.500. The number of rotatable bonds is 2. The van der Waals surface area contributed by atoms with Gasteiger partial charge in [0.1, 0.15) is 12.4 Å². The lowest BCUT2D eigenvalue weighted by Gasteiger charge is -2.38. The first-order valence-electron chi connectivity index (χ1n) is 7.69. The van der Waals surface area contributed by atoms with E-state index in [1.165, 1.54) is 6.20 Å². The number of alkyl halides is 3. The molecule has 1 N–H and O–H groups in total. The van der Waals surface area contributed by atoms with Gasteiger partial charge in [-0.2, -0.15) is 0 Å². The topological polar surface area (TPSA) is 32.0 Å². The summed E-state index contributed by atoms with van der Waals surface area (Å²) in [5.41, 5.74) is 0.747. The molecule has 1 fully saturated rings. The van der Waals surface area contributed by atoms with E-state index in [1.807, 2.05) is 7.05 Å². The van der Waals surface area contributed by atoms with Crippen molar-refractivity contribution in [3.8, 4) is 0 Å². The second kappa shape index (κ2) is 5.96. The van der Waals surface area contributed by atoms with Gasteiger partial charge in [0.15, 0.2) is 0 Å². The summed E-state index contributed by atoms with van der Waals surface area (Å²) >= 11 is 0. The summed E-state index contributed by atoms with van der Waals surface area (Å²) in [7, 11) is 1.92. The Bertz CT molecular complexity index is 701. The first-order chi connectivity index (χ1) is 10.9. The molecule has 0 bridgehead atoms. The molecule has 0 saturated carbocycles. The Balaban J connectivity index is 2.09. The number of hydrogen-bond acceptors (Lipinski definition) is 3. The Morgan fingerprint density at radius 1 is 1.30 bits per heavy atom. The van der Waals surface area contributed by atoms with E-state index >= 15 is 0 Å². The first-order valence-corrected chi connectivity index (χ1v) is 7.69. The second-order valence-electron chi connectivity index (χ2n) is 6.14. The number of likely N-dealkylation sites (N-methyl/N-ethyl adjacent to an activating group) is 1. The van der Waals surface area contributed by atoms with Gasteiger partial charge in [-0.3, -0.25) is 0 Å². The molecule has 2 atom stereocenters. The summed E-state index contributed by atoms with van der Waals surface area (Å²) in [6, 6.07) is 5.26. The Labute approximate surface area is 132 Å². The minimum Gasteiger partial charge on any atom is -0.369 e. The molecule has 1 aliphatic heterocycles. The Morgan fingerprint density at radius 3 is 2.78 bits per heavy atom. The number of piperidine rings is 1. The molecule has 124 valence electrons. The lowest BCUT2D eigenvalue weighted by atomic mass is 9.95. The standard InChI is InChI=1S/C16H20F3N4/c1-11-8-12(20-2)10-22(9-11)14-5-7-23(16(17,18)19)15-13(14)4-3-6-21-15/h3-7,11-12,20H,8-10H2,1-2H3/q+1/t11-,12+/m0/s1. The van der Waals surface area contributed by atoms with E-state index < -0.39 is 6.30 Å². The minimum atomic E-state index is -4.48. The molecule has 3 heterocycles. The van der Waals surface area contributed by atoms with E-state index in [2.05, 4.69) is 22.1 Å². The molecule has 0 aromatic carbocycles. The van der Waals surface area contributed by atoms with Gasteiger partial charge >= 0.3 is 11.9 Å². The lowest BCUT2D eigenvalue weighted by Crippen LogP contribution is -2.50. The molecule has 0 unspecified atom stereocenters. The van der Waals surface area contributed by atoms with Crippen LogP contribution in [0.25, 0.3) is 11.0 Å². The van der Waals surface area contributed by atoms with E-state index in [9.17, 15) is 13.2 Å². The zero-order valence-corrected chi connectivity index (χ0v) is 13.1. The molecule has 1 saturated heterocycles. The second-order valence-corrected chi connectivity index (χ2v) is 6.14. The normalized spacial score (nSPS) is 22.6. The number of aromatic nitrogens is 2. The number of anilines is 1. The molecule has 4 nitrogen and oxygen atoms in total. The maximum Gasteiger partial charge on any atom is 0.567 e. The third-order valence-electron chi connectivity index (χ3n) is 4.35. The highest BCUT2D eigenvalue weighted by atomic mass is 19.4. The fourth-order valence-electron chi connectivity index (χ4n) is 3.33. The zero-order chi connectivity index (χ0) is 16.6.